The molecular formula is C39H51N5O2S. The molecule has 2 aromatic carbocycles. The number of benzene rings is 2. The number of unbranched alkanes of at least 4 members (excludes halogenated alkanes) is 1. The molecule has 0 saturated carbocycles. The number of ether oxygens (including phenoxy) is 1. The highest BCUT2D eigenvalue weighted by atomic mass is 32.2. The summed E-state index contributed by atoms with van der Waals surface area (Å²) in [6.45, 7) is 14.5. The van der Waals surface area contributed by atoms with Gasteiger partial charge in [-0.2, -0.15) is 11.8 Å². The van der Waals surface area contributed by atoms with Crippen molar-refractivity contribution in [2.75, 3.05) is 5.75 Å². The van der Waals surface area contributed by atoms with E-state index in [1.54, 1.807) is 6.33 Å². The first-order chi connectivity index (χ1) is 22.8. The molecule has 8 heteroatoms. The van der Waals surface area contributed by atoms with Gasteiger partial charge in [-0.3, -0.25) is 4.99 Å². The Bertz CT molecular complexity index is 1710. The van der Waals surface area contributed by atoms with Gasteiger partial charge in [-0.25, -0.2) is 4.98 Å². The van der Waals surface area contributed by atoms with Crippen molar-refractivity contribution in [3.63, 3.8) is 0 Å². The van der Waals surface area contributed by atoms with Gasteiger partial charge in [-0.15, -0.1) is 0 Å². The Kier molecular flexibility index (Phi) is 13.7. The van der Waals surface area contributed by atoms with Crippen molar-refractivity contribution in [2.24, 2.45) is 10.7 Å². The average molecular weight is 654 g/mol. The van der Waals surface area contributed by atoms with E-state index in [2.05, 4.69) is 78.2 Å². The van der Waals surface area contributed by atoms with Gasteiger partial charge in [0, 0.05) is 45.8 Å². The largest absolute Gasteiger partial charge is 0.398 e. The van der Waals surface area contributed by atoms with Crippen LogP contribution in [-0.2, 0) is 10.5 Å². The molecule has 0 radical (unpaired) electrons. The molecule has 5 rings (SSSR count). The fourth-order valence-corrected chi connectivity index (χ4v) is 6.80. The molecule has 250 valence electrons. The van der Waals surface area contributed by atoms with Crippen molar-refractivity contribution in [1.29, 1.82) is 0 Å². The minimum Gasteiger partial charge on any atom is -0.398 e. The third kappa shape index (κ3) is 9.58. The van der Waals surface area contributed by atoms with E-state index in [0.717, 1.165) is 86.9 Å². The topological polar surface area (TPSA) is 102 Å². The van der Waals surface area contributed by atoms with E-state index in [1.807, 2.05) is 63.0 Å². The van der Waals surface area contributed by atoms with Crippen molar-refractivity contribution in [1.82, 2.24) is 15.1 Å². The number of hydrogen-bond donors (Lipinski definition) is 2. The molecule has 2 aromatic heterocycles. The van der Waals surface area contributed by atoms with Crippen molar-refractivity contribution < 1.29 is 9.26 Å². The maximum atomic E-state index is 6.59. The van der Waals surface area contributed by atoms with E-state index >= 15 is 0 Å². The fourth-order valence-electron chi connectivity index (χ4n) is 5.63. The number of nitrogens with zero attached hydrogens (tertiary/aromatic N) is 3. The van der Waals surface area contributed by atoms with Gasteiger partial charge in [0.15, 0.2) is 5.76 Å². The highest BCUT2D eigenvalue weighted by molar-refractivity contribution is 7.98. The first-order valence-electron chi connectivity index (χ1n) is 16.8. The van der Waals surface area contributed by atoms with Gasteiger partial charge in [-0.05, 0) is 89.1 Å². The number of nitrogens with one attached hydrogen (secondary N) is 1. The molecule has 2 atom stereocenters. The molecule has 0 spiro atoms. The zero-order chi connectivity index (χ0) is 33.8. The van der Waals surface area contributed by atoms with Crippen LogP contribution in [0.15, 0.2) is 93.0 Å². The van der Waals surface area contributed by atoms with Crippen LogP contribution in [-0.4, -0.2) is 39.3 Å². The van der Waals surface area contributed by atoms with Gasteiger partial charge < -0.3 is 20.0 Å². The lowest BCUT2D eigenvalue weighted by atomic mass is 9.90. The highest BCUT2D eigenvalue weighted by Crippen LogP contribution is 2.34. The molecule has 1 aliphatic heterocycles. The van der Waals surface area contributed by atoms with Gasteiger partial charge in [-0.1, -0.05) is 67.9 Å². The van der Waals surface area contributed by atoms with Crippen LogP contribution >= 0.6 is 11.8 Å². The maximum absolute atomic E-state index is 6.59. The number of rotatable bonds is 12. The number of nitrogens with two attached hydrogens (primary N) is 1. The smallest absolute Gasteiger partial charge is 0.171 e. The van der Waals surface area contributed by atoms with Crippen LogP contribution in [0.3, 0.4) is 0 Å². The Morgan fingerprint density at radius 2 is 1.91 bits per heavy atom. The van der Waals surface area contributed by atoms with Crippen LogP contribution in [0.1, 0.15) is 90.5 Å². The van der Waals surface area contributed by atoms with E-state index in [9.17, 15) is 0 Å². The summed E-state index contributed by atoms with van der Waals surface area (Å²) in [6, 6.07) is 16.5. The molecule has 0 amide bonds. The fraction of sp³-hybridized carbons (Fsp3) is 0.410. The Balaban J connectivity index is 0.000000217. The minimum atomic E-state index is 0.408. The number of aromatic amines is 1. The summed E-state index contributed by atoms with van der Waals surface area (Å²) in [7, 11) is 0. The molecule has 1 fully saturated rings. The number of allylic oxidation sites excluding steroid dienone is 4. The molecule has 1 aliphatic rings. The van der Waals surface area contributed by atoms with E-state index in [0.29, 0.717) is 12.2 Å². The molecule has 2 unspecified atom stereocenters. The lowest BCUT2D eigenvalue weighted by molar-refractivity contribution is 0.0700. The third-order valence-corrected chi connectivity index (χ3v) is 9.57. The van der Waals surface area contributed by atoms with Crippen LogP contribution in [0, 0.1) is 6.92 Å². The third-order valence-electron chi connectivity index (χ3n) is 8.47. The van der Waals surface area contributed by atoms with Gasteiger partial charge in [0.1, 0.15) is 0 Å². The average Bonchev–Trinajstić information content (AvgIpc) is 3.82. The minimum absolute atomic E-state index is 0.408. The predicted octanol–water partition coefficient (Wildman–Crippen LogP) is 10.2. The number of imidazole rings is 1. The first-order valence-corrected chi connectivity index (χ1v) is 18.0. The molecule has 3 heterocycles. The van der Waals surface area contributed by atoms with Crippen LogP contribution in [0.25, 0.3) is 27.9 Å². The Morgan fingerprint density at radius 3 is 2.60 bits per heavy atom. The standard InChI is InChI=1S/C22H30N4.C17H21NO2S/c1-6-9-10-18(17-11-12-19-20(13-17)26-14-25-19)21(16(5)24-8-3)22(23)15(4)7-2;1-12-8-9-15(19-12)10-21-11-16-13(2)18-20-17(16)14-6-4-3-5-7-14/h8,10-14H,6-7,9,23H2,1-5H3,(H,25,26);3-7,12,15H,8-11H2,1-2H3/b18-10-,21-16-,22-15-,24-8?;. The van der Waals surface area contributed by atoms with E-state index in [4.69, 9.17) is 15.0 Å². The number of aliphatic imine (C=N–C) groups is 1. The molecule has 3 N–H and O–H groups in total. The summed E-state index contributed by atoms with van der Waals surface area (Å²) < 4.78 is 11.4. The SMILES string of the molecule is CC=N/C(C)=C(C(=C\CCC)/c1ccc2nc[nH]c2c1)\C(N)=C(/C)CC.Cc1noc(-c2ccccc2)c1CSCC1CCC(C)O1. The van der Waals surface area contributed by atoms with Crippen molar-refractivity contribution >= 4 is 34.6 Å². The molecular weight excluding hydrogens is 603 g/mol. The van der Waals surface area contributed by atoms with Crippen LogP contribution < -0.4 is 5.73 Å². The lowest BCUT2D eigenvalue weighted by Crippen LogP contribution is -2.11. The molecule has 0 aliphatic carbocycles. The normalized spacial score (nSPS) is 17.9. The summed E-state index contributed by atoms with van der Waals surface area (Å²) in [5, 5.41) is 4.14. The summed E-state index contributed by atoms with van der Waals surface area (Å²) in [5.74, 6) is 2.87. The molecule has 1 saturated heterocycles. The number of aromatic nitrogens is 3. The second kappa shape index (κ2) is 17.9. The van der Waals surface area contributed by atoms with Gasteiger partial charge in [0.25, 0.3) is 0 Å². The number of aryl methyl sites for hydroxylation is 1. The second-order valence-electron chi connectivity index (χ2n) is 12.0. The lowest BCUT2D eigenvalue weighted by Gasteiger charge is -2.18. The summed E-state index contributed by atoms with van der Waals surface area (Å²) in [6.07, 6.45) is 12.0. The van der Waals surface area contributed by atoms with Crippen LogP contribution in [0.5, 0.6) is 0 Å². The Labute approximate surface area is 284 Å². The number of thioether (sulfide) groups is 1. The summed E-state index contributed by atoms with van der Waals surface area (Å²) in [5.41, 5.74) is 18.1. The van der Waals surface area contributed by atoms with Gasteiger partial charge >= 0.3 is 0 Å². The van der Waals surface area contributed by atoms with Gasteiger partial charge in [0.05, 0.1) is 35.3 Å². The van der Waals surface area contributed by atoms with Gasteiger partial charge in [0.2, 0.25) is 0 Å². The van der Waals surface area contributed by atoms with E-state index in [1.165, 1.54) is 24.0 Å². The predicted molar refractivity (Wildman–Crippen MR) is 199 cm³/mol. The van der Waals surface area contributed by atoms with Crippen molar-refractivity contribution in [3.8, 4) is 11.3 Å². The van der Waals surface area contributed by atoms with E-state index < -0.39 is 0 Å². The zero-order valence-corrected chi connectivity index (χ0v) is 29.9. The molecule has 47 heavy (non-hydrogen) atoms. The maximum Gasteiger partial charge on any atom is 0.171 e. The second-order valence-corrected chi connectivity index (χ2v) is 13.1. The molecule has 7 nitrogen and oxygen atoms in total. The van der Waals surface area contributed by atoms with E-state index in [-0.39, 0.29) is 0 Å². The summed E-state index contributed by atoms with van der Waals surface area (Å²) in [4.78, 5) is 12.1. The monoisotopic (exact) mass is 653 g/mol. The quantitative estimate of drug-likeness (QED) is 0.117. The summed E-state index contributed by atoms with van der Waals surface area (Å²) >= 11 is 1.91. The Hall–Kier alpha value is -3.88. The molecule has 4 aromatic rings. The number of H-pyrrole nitrogens is 1. The highest BCUT2D eigenvalue weighted by Gasteiger charge is 2.22. The Morgan fingerprint density at radius 1 is 1.13 bits per heavy atom. The first kappa shape index (κ1) is 36.0. The van der Waals surface area contributed by atoms with Crippen LogP contribution in [0.4, 0.5) is 0 Å². The zero-order valence-electron chi connectivity index (χ0n) is 29.1. The number of fused-ring (bicyclic) bond motifs is 1. The number of hydrogen-bond acceptors (Lipinski definition) is 7. The molecule has 0 bridgehead atoms. The van der Waals surface area contributed by atoms with Crippen molar-refractivity contribution in [3.05, 3.63) is 100 Å². The van der Waals surface area contributed by atoms with Crippen molar-refractivity contribution in [2.45, 2.75) is 98.5 Å². The van der Waals surface area contributed by atoms with Crippen LogP contribution in [0.2, 0.25) is 0 Å².